The summed E-state index contributed by atoms with van der Waals surface area (Å²) in [5, 5.41) is 2.33. The molecule has 0 spiro atoms. The van der Waals surface area contributed by atoms with Gasteiger partial charge in [-0.3, -0.25) is 4.79 Å². The Balaban J connectivity index is 2.07. The van der Waals surface area contributed by atoms with Crippen molar-refractivity contribution in [2.45, 2.75) is 18.1 Å². The fourth-order valence-electron chi connectivity index (χ4n) is 2.18. The summed E-state index contributed by atoms with van der Waals surface area (Å²) in [6.45, 7) is 1.04. The number of methoxy groups -OCH3 is 1. The second-order valence-corrected chi connectivity index (χ2v) is 9.49. The molecule has 0 bridgehead atoms. The molecule has 2 rings (SSSR count). The lowest BCUT2D eigenvalue weighted by Crippen LogP contribution is -2.41. The number of hydrogen-bond acceptors (Lipinski definition) is 6. The number of nitrogens with one attached hydrogen (secondary N) is 1. The van der Waals surface area contributed by atoms with Crippen molar-refractivity contribution in [3.05, 3.63) is 0 Å². The molecular formula is C10H18N2O5S2. The Kier molecular flexibility index (Phi) is 4.17. The molecule has 0 amide bonds. The molecule has 1 aliphatic heterocycles. The van der Waals surface area contributed by atoms with Crippen LogP contribution in [-0.4, -0.2) is 55.6 Å². The Hall–Kier alpha value is -0.670. The van der Waals surface area contributed by atoms with Gasteiger partial charge in [0.25, 0.3) is 10.0 Å². The van der Waals surface area contributed by atoms with Crippen molar-refractivity contribution in [1.82, 2.24) is 5.32 Å². The van der Waals surface area contributed by atoms with E-state index in [1.807, 2.05) is 0 Å². The number of sulfonamides is 1. The number of carbonyl (C=O) groups excluding carboxylic acids is 1. The SMILES string of the molecule is COC(=O)C1CC(S(=O)(=O)N=S2(=O)CCNCC2)C1. The quantitative estimate of drug-likeness (QED) is 0.694. The van der Waals surface area contributed by atoms with Crippen molar-refractivity contribution in [1.29, 1.82) is 0 Å². The minimum atomic E-state index is -3.74. The zero-order chi connectivity index (χ0) is 14.1. The van der Waals surface area contributed by atoms with Gasteiger partial charge in [0.05, 0.1) is 28.0 Å². The van der Waals surface area contributed by atoms with Gasteiger partial charge in [0, 0.05) is 24.6 Å². The lowest BCUT2D eigenvalue weighted by Gasteiger charge is -2.31. The van der Waals surface area contributed by atoms with E-state index in [0.29, 0.717) is 13.1 Å². The molecule has 0 aromatic carbocycles. The van der Waals surface area contributed by atoms with Gasteiger partial charge in [0.2, 0.25) is 0 Å². The van der Waals surface area contributed by atoms with Crippen molar-refractivity contribution in [3.8, 4) is 0 Å². The third-order valence-corrected chi connectivity index (χ3v) is 8.32. The van der Waals surface area contributed by atoms with Gasteiger partial charge in [-0.1, -0.05) is 0 Å². The first-order valence-electron chi connectivity index (χ1n) is 6.12. The number of rotatable bonds is 3. The fourth-order valence-corrected chi connectivity index (χ4v) is 6.86. The highest BCUT2D eigenvalue weighted by molar-refractivity contribution is 8.03. The summed E-state index contributed by atoms with van der Waals surface area (Å²) in [6.07, 6.45) is 0.429. The Morgan fingerprint density at radius 2 is 1.89 bits per heavy atom. The van der Waals surface area contributed by atoms with Gasteiger partial charge in [-0.15, -0.1) is 3.77 Å². The zero-order valence-corrected chi connectivity index (χ0v) is 12.3. The van der Waals surface area contributed by atoms with Crippen LogP contribution in [0.4, 0.5) is 0 Å². The van der Waals surface area contributed by atoms with Crippen LogP contribution in [0, 0.1) is 5.92 Å². The molecule has 110 valence electrons. The van der Waals surface area contributed by atoms with Crippen LogP contribution in [0.25, 0.3) is 0 Å². The maximum Gasteiger partial charge on any atom is 0.308 e. The van der Waals surface area contributed by atoms with Crippen LogP contribution in [0.15, 0.2) is 3.77 Å². The predicted octanol–water partition coefficient (Wildman–Crippen LogP) is -0.661. The summed E-state index contributed by atoms with van der Waals surface area (Å²) in [7, 11) is -5.12. The molecule has 0 aromatic rings. The van der Waals surface area contributed by atoms with Gasteiger partial charge in [0.15, 0.2) is 0 Å². The van der Waals surface area contributed by atoms with Crippen molar-refractivity contribution < 1.29 is 22.2 Å². The van der Waals surface area contributed by atoms with E-state index in [1.165, 1.54) is 7.11 Å². The topological polar surface area (TPSA) is 102 Å². The highest BCUT2D eigenvalue weighted by atomic mass is 32.3. The van der Waals surface area contributed by atoms with Gasteiger partial charge in [-0.25, -0.2) is 12.6 Å². The number of esters is 1. The van der Waals surface area contributed by atoms with Crippen LogP contribution in [-0.2, 0) is 29.3 Å². The summed E-state index contributed by atoms with van der Waals surface area (Å²) < 4.78 is 44.5. The van der Waals surface area contributed by atoms with E-state index in [4.69, 9.17) is 0 Å². The van der Waals surface area contributed by atoms with Gasteiger partial charge in [-0.2, -0.15) is 0 Å². The van der Waals surface area contributed by atoms with Gasteiger partial charge >= 0.3 is 5.97 Å². The first kappa shape index (κ1) is 14.7. The molecule has 1 heterocycles. The van der Waals surface area contributed by atoms with E-state index < -0.39 is 31.0 Å². The Labute approximate surface area is 113 Å². The highest BCUT2D eigenvalue weighted by Crippen LogP contribution is 2.35. The van der Waals surface area contributed by atoms with Gasteiger partial charge in [0.1, 0.15) is 0 Å². The average Bonchev–Trinajstić information content (AvgIpc) is 2.25. The van der Waals surface area contributed by atoms with E-state index in [0.717, 1.165) is 0 Å². The number of hydrogen-bond donors (Lipinski definition) is 1. The molecule has 0 radical (unpaired) electrons. The second kappa shape index (κ2) is 5.37. The lowest BCUT2D eigenvalue weighted by atomic mass is 9.85. The normalized spacial score (nSPS) is 30.2. The molecule has 1 aliphatic carbocycles. The minimum Gasteiger partial charge on any atom is -0.469 e. The molecule has 7 nitrogen and oxygen atoms in total. The maximum absolute atomic E-state index is 12.3. The predicted molar refractivity (Wildman–Crippen MR) is 70.6 cm³/mol. The van der Waals surface area contributed by atoms with Crippen LogP contribution in [0.3, 0.4) is 0 Å². The molecule has 9 heteroatoms. The van der Waals surface area contributed by atoms with Crippen molar-refractivity contribution in [2.24, 2.45) is 9.69 Å². The third kappa shape index (κ3) is 3.26. The molecule has 0 aromatic heterocycles. The van der Waals surface area contributed by atoms with E-state index >= 15 is 0 Å². The van der Waals surface area contributed by atoms with E-state index in [1.54, 1.807) is 0 Å². The average molecular weight is 310 g/mol. The molecule has 1 saturated carbocycles. The Morgan fingerprint density at radius 3 is 2.42 bits per heavy atom. The van der Waals surface area contributed by atoms with E-state index in [2.05, 4.69) is 13.8 Å². The van der Waals surface area contributed by atoms with Gasteiger partial charge in [-0.05, 0) is 12.8 Å². The molecule has 1 saturated heterocycles. The van der Waals surface area contributed by atoms with Crippen molar-refractivity contribution in [3.63, 3.8) is 0 Å². The van der Waals surface area contributed by atoms with Crippen molar-refractivity contribution in [2.75, 3.05) is 31.7 Å². The standard InChI is InChI=1S/C10H18N2O5S2/c1-17-10(13)8-6-9(7-8)19(15,16)12-18(14)4-2-11-3-5-18/h8-9,11H,2-7H2,1H3. The molecule has 19 heavy (non-hydrogen) atoms. The van der Waals surface area contributed by atoms with Crippen LogP contribution in [0.1, 0.15) is 12.8 Å². The lowest BCUT2D eigenvalue weighted by molar-refractivity contribution is -0.148. The molecule has 2 aliphatic rings. The number of nitrogens with zero attached hydrogens (tertiary/aromatic N) is 1. The van der Waals surface area contributed by atoms with Crippen LogP contribution >= 0.6 is 0 Å². The van der Waals surface area contributed by atoms with Gasteiger partial charge < -0.3 is 10.1 Å². The van der Waals surface area contributed by atoms with Crippen LogP contribution in [0.5, 0.6) is 0 Å². The largest absolute Gasteiger partial charge is 0.469 e. The third-order valence-electron chi connectivity index (χ3n) is 3.49. The summed E-state index contributed by atoms with van der Waals surface area (Å²) >= 11 is 0. The summed E-state index contributed by atoms with van der Waals surface area (Å²) in [6, 6.07) is 0. The summed E-state index contributed by atoms with van der Waals surface area (Å²) in [5.41, 5.74) is 0. The molecule has 0 unspecified atom stereocenters. The smallest absolute Gasteiger partial charge is 0.308 e. The molecular weight excluding hydrogens is 292 g/mol. The summed E-state index contributed by atoms with van der Waals surface area (Å²) in [5.74, 6) is -0.234. The number of carbonyl (C=O) groups is 1. The Morgan fingerprint density at radius 1 is 1.32 bits per heavy atom. The van der Waals surface area contributed by atoms with Crippen LogP contribution in [0.2, 0.25) is 0 Å². The molecule has 1 N–H and O–H groups in total. The molecule has 2 fully saturated rings. The minimum absolute atomic E-state index is 0.215. The van der Waals surface area contributed by atoms with E-state index in [9.17, 15) is 17.4 Å². The Bertz CT molecular complexity index is 559. The zero-order valence-electron chi connectivity index (χ0n) is 10.7. The number of ether oxygens (including phenoxy) is 1. The highest BCUT2D eigenvalue weighted by Gasteiger charge is 2.43. The van der Waals surface area contributed by atoms with Crippen molar-refractivity contribution >= 4 is 25.7 Å². The monoisotopic (exact) mass is 310 g/mol. The van der Waals surface area contributed by atoms with Crippen LogP contribution < -0.4 is 5.32 Å². The summed E-state index contributed by atoms with van der Waals surface area (Å²) in [4.78, 5) is 11.2. The molecule has 0 atom stereocenters. The first-order chi connectivity index (χ1) is 8.86. The fraction of sp³-hybridized carbons (Fsp3) is 0.900. The van der Waals surface area contributed by atoms with E-state index in [-0.39, 0.29) is 30.3 Å². The second-order valence-electron chi connectivity index (χ2n) is 4.83. The maximum atomic E-state index is 12.3. The first-order valence-corrected chi connectivity index (χ1v) is 9.48.